The molecular weight excluding hydrogens is 344 g/mol. The maximum Gasteiger partial charge on any atom is 0.310 e. The lowest BCUT2D eigenvalue weighted by molar-refractivity contribution is -0.134. The Kier molecular flexibility index (Phi) is 4.17. The molecule has 0 unspecified atom stereocenters. The van der Waals surface area contributed by atoms with Crippen molar-refractivity contribution in [1.82, 2.24) is 0 Å². The lowest BCUT2D eigenvalue weighted by Gasteiger charge is -2.09. The van der Waals surface area contributed by atoms with Gasteiger partial charge in [-0.3, -0.25) is 9.59 Å². The lowest BCUT2D eigenvalue weighted by Crippen LogP contribution is -2.07. The topological polar surface area (TPSA) is 137 Å². The van der Waals surface area contributed by atoms with Crippen molar-refractivity contribution in [3.8, 4) is 40.1 Å². The van der Waals surface area contributed by atoms with Crippen LogP contribution in [0.15, 0.2) is 39.5 Å². The summed E-state index contributed by atoms with van der Waals surface area (Å²) >= 11 is 0. The Morgan fingerprint density at radius 1 is 1.04 bits per heavy atom. The summed E-state index contributed by atoms with van der Waals surface area (Å²) in [5.41, 5.74) is -0.916. The maximum absolute atomic E-state index is 12.4. The third-order valence-corrected chi connectivity index (χ3v) is 3.68. The molecule has 26 heavy (non-hydrogen) atoms. The summed E-state index contributed by atoms with van der Waals surface area (Å²) in [6.45, 7) is 1.59. The second-order valence-electron chi connectivity index (χ2n) is 5.46. The zero-order valence-electron chi connectivity index (χ0n) is 13.5. The fourth-order valence-electron chi connectivity index (χ4n) is 2.39. The van der Waals surface area contributed by atoms with Crippen LogP contribution in [-0.4, -0.2) is 26.4 Å². The number of fused-ring (bicyclic) bond motifs is 1. The molecule has 0 atom stereocenters. The van der Waals surface area contributed by atoms with E-state index in [4.69, 9.17) is 9.15 Å². The van der Waals surface area contributed by atoms with Gasteiger partial charge in [-0.05, 0) is 18.2 Å². The Morgan fingerprint density at radius 3 is 2.42 bits per heavy atom. The fourth-order valence-corrected chi connectivity index (χ4v) is 2.39. The first-order valence-corrected chi connectivity index (χ1v) is 7.57. The van der Waals surface area contributed by atoms with Crippen molar-refractivity contribution >= 4 is 16.9 Å². The molecule has 3 rings (SSSR count). The molecule has 0 aliphatic heterocycles. The molecule has 4 N–H and O–H groups in total. The van der Waals surface area contributed by atoms with Crippen LogP contribution >= 0.6 is 0 Å². The normalized spacial score (nSPS) is 10.8. The van der Waals surface area contributed by atoms with Crippen molar-refractivity contribution in [3.05, 3.63) is 40.6 Å². The van der Waals surface area contributed by atoms with Gasteiger partial charge in [-0.2, -0.15) is 0 Å². The Hall–Kier alpha value is -3.68. The van der Waals surface area contributed by atoms with Gasteiger partial charge in [-0.1, -0.05) is 6.92 Å². The predicted molar refractivity (Wildman–Crippen MR) is 90.5 cm³/mol. The van der Waals surface area contributed by atoms with Gasteiger partial charge in [-0.25, -0.2) is 0 Å². The summed E-state index contributed by atoms with van der Waals surface area (Å²) < 4.78 is 10.5. The number of phenolic OH excluding ortho intramolecular Hbond substituents is 3. The average Bonchev–Trinajstić information content (AvgIpc) is 2.60. The molecule has 3 aromatic rings. The standard InChI is InChI=1S/C18H14O8/c1-2-14(22)25-9-6-12(21)15-13(7-9)26-18(17(24)16(15)23)8-3-4-10(19)11(20)5-8/h3-7,19-21,24H,2H2,1H3. The van der Waals surface area contributed by atoms with Crippen molar-refractivity contribution in [3.63, 3.8) is 0 Å². The van der Waals surface area contributed by atoms with E-state index in [0.29, 0.717) is 0 Å². The second kappa shape index (κ2) is 6.32. The molecular formula is C18H14O8. The molecule has 0 fully saturated rings. The minimum Gasteiger partial charge on any atom is -0.507 e. The van der Waals surface area contributed by atoms with Gasteiger partial charge >= 0.3 is 5.97 Å². The van der Waals surface area contributed by atoms with Crippen molar-refractivity contribution < 1.29 is 34.4 Å². The fraction of sp³-hybridized carbons (Fsp3) is 0.111. The number of hydrogen-bond acceptors (Lipinski definition) is 8. The molecule has 0 bridgehead atoms. The highest BCUT2D eigenvalue weighted by Crippen LogP contribution is 2.37. The van der Waals surface area contributed by atoms with Gasteiger partial charge in [-0.15, -0.1) is 0 Å². The van der Waals surface area contributed by atoms with Gasteiger partial charge < -0.3 is 29.6 Å². The molecule has 0 radical (unpaired) electrons. The van der Waals surface area contributed by atoms with Crippen molar-refractivity contribution in [2.75, 3.05) is 0 Å². The van der Waals surface area contributed by atoms with Crippen LogP contribution in [0.3, 0.4) is 0 Å². The highest BCUT2D eigenvalue weighted by molar-refractivity contribution is 5.89. The van der Waals surface area contributed by atoms with Crippen LogP contribution in [0.4, 0.5) is 0 Å². The molecule has 8 nitrogen and oxygen atoms in total. The highest BCUT2D eigenvalue weighted by Gasteiger charge is 2.20. The van der Waals surface area contributed by atoms with E-state index in [-0.39, 0.29) is 40.2 Å². The number of hydrogen-bond donors (Lipinski definition) is 4. The minimum absolute atomic E-state index is 0.0322. The van der Waals surface area contributed by atoms with E-state index >= 15 is 0 Å². The van der Waals surface area contributed by atoms with E-state index in [2.05, 4.69) is 0 Å². The largest absolute Gasteiger partial charge is 0.507 e. The number of esters is 1. The number of aromatic hydroxyl groups is 4. The van der Waals surface area contributed by atoms with Crippen LogP contribution in [0, 0.1) is 0 Å². The van der Waals surface area contributed by atoms with Crippen molar-refractivity contribution in [2.45, 2.75) is 13.3 Å². The van der Waals surface area contributed by atoms with Gasteiger partial charge in [0.2, 0.25) is 11.2 Å². The van der Waals surface area contributed by atoms with Crippen LogP contribution in [0.25, 0.3) is 22.3 Å². The van der Waals surface area contributed by atoms with Crippen molar-refractivity contribution in [2.24, 2.45) is 0 Å². The molecule has 2 aromatic carbocycles. The SMILES string of the molecule is CCC(=O)Oc1cc(O)c2c(=O)c(O)c(-c3ccc(O)c(O)c3)oc2c1. The molecule has 0 aliphatic rings. The molecule has 1 heterocycles. The smallest absolute Gasteiger partial charge is 0.310 e. The summed E-state index contributed by atoms with van der Waals surface area (Å²) in [6, 6.07) is 5.87. The first kappa shape index (κ1) is 17.2. The summed E-state index contributed by atoms with van der Waals surface area (Å²) in [5, 5.41) is 38.9. The van der Waals surface area contributed by atoms with Crippen LogP contribution < -0.4 is 10.2 Å². The lowest BCUT2D eigenvalue weighted by atomic mass is 10.1. The highest BCUT2D eigenvalue weighted by atomic mass is 16.5. The van der Waals surface area contributed by atoms with Gasteiger partial charge in [0.1, 0.15) is 22.5 Å². The van der Waals surface area contributed by atoms with E-state index in [1.54, 1.807) is 6.92 Å². The zero-order chi connectivity index (χ0) is 19.0. The summed E-state index contributed by atoms with van der Waals surface area (Å²) in [5.74, 6) is -3.03. The van der Waals surface area contributed by atoms with Crippen molar-refractivity contribution in [1.29, 1.82) is 0 Å². The monoisotopic (exact) mass is 358 g/mol. The first-order chi connectivity index (χ1) is 12.3. The molecule has 1 aromatic heterocycles. The number of carbonyl (C=O) groups excluding carboxylic acids is 1. The minimum atomic E-state index is -0.903. The molecule has 0 saturated carbocycles. The van der Waals surface area contributed by atoms with Gasteiger partial charge in [0.15, 0.2) is 17.3 Å². The molecule has 8 heteroatoms. The Balaban J connectivity index is 2.25. The molecule has 0 saturated heterocycles. The molecule has 0 spiro atoms. The van der Waals surface area contributed by atoms with Gasteiger partial charge in [0, 0.05) is 24.1 Å². The maximum atomic E-state index is 12.4. The van der Waals surface area contributed by atoms with Crippen LogP contribution in [0.2, 0.25) is 0 Å². The van der Waals surface area contributed by atoms with Gasteiger partial charge in [0.05, 0.1) is 0 Å². The number of carbonyl (C=O) groups is 1. The molecule has 0 amide bonds. The van der Waals surface area contributed by atoms with E-state index in [0.717, 1.165) is 18.2 Å². The van der Waals surface area contributed by atoms with E-state index in [1.807, 2.05) is 0 Å². The quantitative estimate of drug-likeness (QED) is 0.318. The predicted octanol–water partition coefficient (Wildman–Crippen LogP) is 2.60. The Bertz CT molecular complexity index is 1080. The van der Waals surface area contributed by atoms with Gasteiger partial charge in [0.25, 0.3) is 0 Å². The van der Waals surface area contributed by atoms with Crippen LogP contribution in [-0.2, 0) is 4.79 Å². The summed E-state index contributed by atoms with van der Waals surface area (Å²) in [6.07, 6.45) is 0.108. The Morgan fingerprint density at radius 2 is 1.77 bits per heavy atom. The summed E-state index contributed by atoms with van der Waals surface area (Å²) in [7, 11) is 0. The first-order valence-electron chi connectivity index (χ1n) is 7.57. The average molecular weight is 358 g/mol. The molecule has 134 valence electrons. The van der Waals surface area contributed by atoms with E-state index < -0.39 is 28.6 Å². The molecule has 0 aliphatic carbocycles. The summed E-state index contributed by atoms with van der Waals surface area (Å²) in [4.78, 5) is 23.8. The second-order valence-corrected chi connectivity index (χ2v) is 5.46. The Labute approximate surface area is 146 Å². The number of phenols is 3. The van der Waals surface area contributed by atoms with E-state index in [9.17, 15) is 30.0 Å². The number of benzene rings is 2. The van der Waals surface area contributed by atoms with Crippen LogP contribution in [0.5, 0.6) is 28.7 Å². The van der Waals surface area contributed by atoms with Crippen LogP contribution in [0.1, 0.15) is 13.3 Å². The zero-order valence-corrected chi connectivity index (χ0v) is 13.5. The number of rotatable bonds is 3. The number of ether oxygens (including phenoxy) is 1. The van der Waals surface area contributed by atoms with E-state index in [1.165, 1.54) is 12.1 Å². The third kappa shape index (κ3) is 2.88. The third-order valence-electron chi connectivity index (χ3n) is 3.68.